The Morgan fingerprint density at radius 3 is 2.30 bits per heavy atom. The lowest BCUT2D eigenvalue weighted by Gasteiger charge is -2.33. The molecule has 0 radical (unpaired) electrons. The number of hydrogen-bond acceptors (Lipinski definition) is 4. The highest BCUT2D eigenvalue weighted by molar-refractivity contribution is 7.92. The van der Waals surface area contributed by atoms with Crippen molar-refractivity contribution in [2.24, 2.45) is 0 Å². The summed E-state index contributed by atoms with van der Waals surface area (Å²) in [4.78, 5) is 28.9. The van der Waals surface area contributed by atoms with Gasteiger partial charge in [-0.3, -0.25) is 13.9 Å². The van der Waals surface area contributed by atoms with Gasteiger partial charge in [0.2, 0.25) is 11.8 Å². The molecule has 1 fully saturated rings. The summed E-state index contributed by atoms with van der Waals surface area (Å²) in [6.07, 6.45) is 3.98. The van der Waals surface area contributed by atoms with Crippen LogP contribution in [0.2, 0.25) is 5.02 Å². The van der Waals surface area contributed by atoms with Gasteiger partial charge in [-0.1, -0.05) is 72.5 Å². The van der Waals surface area contributed by atoms with Crippen LogP contribution in [0.1, 0.15) is 49.3 Å². The van der Waals surface area contributed by atoms with Crippen molar-refractivity contribution in [3.05, 3.63) is 94.5 Å². The lowest BCUT2D eigenvalue weighted by molar-refractivity contribution is -0.139. The summed E-state index contributed by atoms with van der Waals surface area (Å²) in [5, 5.41) is 3.50. The molecule has 1 N–H and O–H groups in total. The highest BCUT2D eigenvalue weighted by atomic mass is 35.5. The van der Waals surface area contributed by atoms with Crippen molar-refractivity contribution in [2.45, 2.75) is 70.0 Å². The SMILES string of the molecule is Cc1cccc(CN(C(=O)CN(c2ccccc2C)S(=O)(=O)c2ccc(Cl)cc2)[C@H](C)C(=O)NC2CCCC2)c1. The lowest BCUT2D eigenvalue weighted by atomic mass is 10.1. The smallest absolute Gasteiger partial charge is 0.264 e. The lowest BCUT2D eigenvalue weighted by Crippen LogP contribution is -2.52. The fourth-order valence-corrected chi connectivity index (χ4v) is 6.68. The zero-order valence-corrected chi connectivity index (χ0v) is 24.7. The quantitative estimate of drug-likeness (QED) is 0.336. The van der Waals surface area contributed by atoms with E-state index in [9.17, 15) is 18.0 Å². The summed E-state index contributed by atoms with van der Waals surface area (Å²) < 4.78 is 29.0. The normalized spacial score (nSPS) is 14.5. The van der Waals surface area contributed by atoms with E-state index < -0.39 is 28.5 Å². The fourth-order valence-electron chi connectivity index (χ4n) is 5.07. The Morgan fingerprint density at radius 2 is 1.65 bits per heavy atom. The first-order chi connectivity index (χ1) is 19.1. The molecule has 7 nitrogen and oxygen atoms in total. The molecule has 4 rings (SSSR count). The molecular formula is C31H36ClN3O4S. The van der Waals surface area contributed by atoms with E-state index in [0.29, 0.717) is 16.3 Å². The highest BCUT2D eigenvalue weighted by Crippen LogP contribution is 2.28. The topological polar surface area (TPSA) is 86.8 Å². The van der Waals surface area contributed by atoms with Gasteiger partial charge in [0.1, 0.15) is 12.6 Å². The van der Waals surface area contributed by atoms with Crippen LogP contribution in [0, 0.1) is 13.8 Å². The molecule has 0 spiro atoms. The van der Waals surface area contributed by atoms with E-state index >= 15 is 0 Å². The summed E-state index contributed by atoms with van der Waals surface area (Å²) in [6, 6.07) is 19.9. The summed E-state index contributed by atoms with van der Waals surface area (Å²) in [5.74, 6) is -0.715. The monoisotopic (exact) mass is 581 g/mol. The zero-order chi connectivity index (χ0) is 28.9. The fraction of sp³-hybridized carbons (Fsp3) is 0.355. The molecule has 0 aromatic heterocycles. The number of halogens is 1. The average molecular weight is 582 g/mol. The minimum absolute atomic E-state index is 0.0187. The number of rotatable bonds is 10. The van der Waals surface area contributed by atoms with Gasteiger partial charge in [0.25, 0.3) is 10.0 Å². The molecule has 9 heteroatoms. The first kappa shape index (κ1) is 29.6. The molecule has 1 aliphatic rings. The number of carbonyl (C=O) groups is 2. The van der Waals surface area contributed by atoms with Crippen LogP contribution in [0.25, 0.3) is 0 Å². The zero-order valence-electron chi connectivity index (χ0n) is 23.1. The molecule has 3 aromatic carbocycles. The Morgan fingerprint density at radius 1 is 0.975 bits per heavy atom. The number of hydrogen-bond donors (Lipinski definition) is 1. The highest BCUT2D eigenvalue weighted by Gasteiger charge is 2.33. The van der Waals surface area contributed by atoms with E-state index in [1.165, 1.54) is 29.2 Å². The van der Waals surface area contributed by atoms with Crippen LogP contribution in [0.4, 0.5) is 5.69 Å². The molecule has 0 unspecified atom stereocenters. The second-order valence-electron chi connectivity index (χ2n) is 10.4. The number of para-hydroxylation sites is 1. The Balaban J connectivity index is 1.69. The largest absolute Gasteiger partial charge is 0.352 e. The van der Waals surface area contributed by atoms with Crippen molar-refractivity contribution < 1.29 is 18.0 Å². The first-order valence-corrected chi connectivity index (χ1v) is 15.4. The van der Waals surface area contributed by atoms with Gasteiger partial charge in [-0.25, -0.2) is 8.42 Å². The molecular weight excluding hydrogens is 546 g/mol. The third-order valence-corrected chi connectivity index (χ3v) is 9.39. The molecule has 40 heavy (non-hydrogen) atoms. The van der Waals surface area contributed by atoms with Crippen molar-refractivity contribution in [3.63, 3.8) is 0 Å². The second kappa shape index (κ2) is 12.9. The molecule has 0 aliphatic heterocycles. The number of nitrogens with one attached hydrogen (secondary N) is 1. The van der Waals surface area contributed by atoms with E-state index in [4.69, 9.17) is 11.6 Å². The number of nitrogens with zero attached hydrogens (tertiary/aromatic N) is 2. The predicted molar refractivity (Wildman–Crippen MR) is 159 cm³/mol. The van der Waals surface area contributed by atoms with Crippen LogP contribution < -0.4 is 9.62 Å². The Hall–Kier alpha value is -3.36. The molecule has 2 amide bonds. The molecule has 0 heterocycles. The predicted octanol–water partition coefficient (Wildman–Crippen LogP) is 5.63. The molecule has 0 saturated heterocycles. The Kier molecular flexibility index (Phi) is 9.53. The number of sulfonamides is 1. The average Bonchev–Trinajstić information content (AvgIpc) is 3.43. The molecule has 1 atom stereocenters. The number of anilines is 1. The minimum Gasteiger partial charge on any atom is -0.352 e. The van der Waals surface area contributed by atoms with Crippen LogP contribution in [0.5, 0.6) is 0 Å². The van der Waals surface area contributed by atoms with E-state index in [2.05, 4.69) is 5.32 Å². The van der Waals surface area contributed by atoms with Gasteiger partial charge in [0.05, 0.1) is 10.6 Å². The van der Waals surface area contributed by atoms with Gasteiger partial charge < -0.3 is 10.2 Å². The molecule has 3 aromatic rings. The summed E-state index contributed by atoms with van der Waals surface area (Å²) >= 11 is 6.02. The number of benzene rings is 3. The number of amides is 2. The Labute approximate surface area is 242 Å². The first-order valence-electron chi connectivity index (χ1n) is 13.6. The Bertz CT molecular complexity index is 1450. The molecule has 1 aliphatic carbocycles. The van der Waals surface area contributed by atoms with Crippen molar-refractivity contribution >= 4 is 39.1 Å². The van der Waals surface area contributed by atoms with Crippen molar-refractivity contribution in [3.8, 4) is 0 Å². The maximum absolute atomic E-state index is 14.1. The van der Waals surface area contributed by atoms with Gasteiger partial charge >= 0.3 is 0 Å². The van der Waals surface area contributed by atoms with Crippen LogP contribution in [-0.2, 0) is 26.2 Å². The maximum atomic E-state index is 14.1. The third kappa shape index (κ3) is 7.04. The summed E-state index contributed by atoms with van der Waals surface area (Å²) in [5.41, 5.74) is 2.98. The van der Waals surface area contributed by atoms with Crippen LogP contribution >= 0.6 is 11.6 Å². The van der Waals surface area contributed by atoms with E-state index in [-0.39, 0.29) is 23.4 Å². The van der Waals surface area contributed by atoms with E-state index in [0.717, 1.165) is 41.1 Å². The van der Waals surface area contributed by atoms with Crippen LogP contribution in [0.15, 0.2) is 77.7 Å². The summed E-state index contributed by atoms with van der Waals surface area (Å²) in [6.45, 7) is 5.16. The van der Waals surface area contributed by atoms with Crippen molar-refractivity contribution in [1.82, 2.24) is 10.2 Å². The van der Waals surface area contributed by atoms with Crippen molar-refractivity contribution in [1.29, 1.82) is 0 Å². The number of aryl methyl sites for hydroxylation is 2. The maximum Gasteiger partial charge on any atom is 0.264 e. The van der Waals surface area contributed by atoms with Gasteiger partial charge in [-0.05, 0) is 75.1 Å². The standard InChI is InChI=1S/C31H36ClN3O4S/c1-22-9-8-11-25(19-22)20-34(24(3)31(37)33-27-12-5-6-13-27)30(36)21-35(29-14-7-4-10-23(29)2)40(38,39)28-17-15-26(32)16-18-28/h4,7-11,14-19,24,27H,5-6,12-13,20-21H2,1-3H3,(H,33,37)/t24-/m1/s1. The molecule has 1 saturated carbocycles. The van der Waals surface area contributed by atoms with Crippen molar-refractivity contribution in [2.75, 3.05) is 10.8 Å². The van der Waals surface area contributed by atoms with Crippen LogP contribution in [-0.4, -0.2) is 43.8 Å². The third-order valence-electron chi connectivity index (χ3n) is 7.37. The summed E-state index contributed by atoms with van der Waals surface area (Å²) in [7, 11) is -4.14. The van der Waals surface area contributed by atoms with Crippen LogP contribution in [0.3, 0.4) is 0 Å². The van der Waals surface area contributed by atoms with Gasteiger partial charge in [-0.2, -0.15) is 0 Å². The van der Waals surface area contributed by atoms with E-state index in [1.807, 2.05) is 37.3 Å². The second-order valence-corrected chi connectivity index (χ2v) is 12.7. The molecule has 212 valence electrons. The molecule has 0 bridgehead atoms. The van der Waals surface area contributed by atoms with Gasteiger partial charge in [-0.15, -0.1) is 0 Å². The number of carbonyl (C=O) groups excluding carboxylic acids is 2. The van der Waals surface area contributed by atoms with Gasteiger partial charge in [0, 0.05) is 17.6 Å². The van der Waals surface area contributed by atoms with Gasteiger partial charge in [0.15, 0.2) is 0 Å². The minimum atomic E-state index is -4.14. The van der Waals surface area contributed by atoms with E-state index in [1.54, 1.807) is 32.0 Å².